The maximum atomic E-state index is 10.4. The van der Waals surface area contributed by atoms with E-state index in [1.54, 1.807) is 0 Å². The largest absolute Gasteiger partial charge is 0.490 e. The molecule has 0 aliphatic rings. The molecule has 0 atom stereocenters. The quantitative estimate of drug-likeness (QED) is 0.159. The molecule has 0 rings (SSSR count). The van der Waals surface area contributed by atoms with Crippen molar-refractivity contribution in [3.8, 4) is 0 Å². The van der Waals surface area contributed by atoms with E-state index < -0.39 is 35.7 Å². The number of hydrogen-bond donors (Lipinski definition) is 11. The third-order valence-corrected chi connectivity index (χ3v) is 4.61. The van der Waals surface area contributed by atoms with Crippen LogP contribution in [0.15, 0.2) is 0 Å². The van der Waals surface area contributed by atoms with Gasteiger partial charge in [0.2, 0.25) is 0 Å². The third-order valence-electron chi connectivity index (χ3n) is 1.26. The van der Waals surface area contributed by atoms with Gasteiger partial charge < -0.3 is 55.1 Å². The minimum atomic E-state index is -5.46. The van der Waals surface area contributed by atoms with Gasteiger partial charge in [-0.05, 0) is 0 Å². The van der Waals surface area contributed by atoms with Gasteiger partial charge in [0.05, 0.1) is 26.4 Å². The summed E-state index contributed by atoms with van der Waals surface area (Å²) in [6, 6.07) is 0. The number of hydrogen-bond acceptors (Lipinski definition) is 11. The molecule has 0 bridgehead atoms. The Hall–Kier alpha value is 0.170. The van der Waals surface area contributed by atoms with Gasteiger partial charge in [-0.2, -0.15) is 8.62 Å². The first kappa shape index (κ1) is 29.9. The highest BCUT2D eigenvalue weighted by Gasteiger charge is 2.38. The zero-order valence-corrected chi connectivity index (χ0v) is 15.0. The molecular formula is C6H21O16P3. The lowest BCUT2D eigenvalue weighted by Crippen LogP contribution is -2.15. The molecule has 0 amide bonds. The first-order valence-electron chi connectivity index (χ1n) is 5.69. The van der Waals surface area contributed by atoms with Crippen LogP contribution < -0.4 is 0 Å². The highest BCUT2D eigenvalue weighted by atomic mass is 31.3. The second-order valence-electron chi connectivity index (χ2n) is 3.65. The van der Waals surface area contributed by atoms with Crippen LogP contribution in [0, 0.1) is 0 Å². The van der Waals surface area contributed by atoms with Crippen molar-refractivity contribution < 1.29 is 77.4 Å². The number of aliphatic hydroxyl groups is 6. The van der Waals surface area contributed by atoms with Crippen LogP contribution in [0.1, 0.15) is 0 Å². The van der Waals surface area contributed by atoms with Crippen molar-refractivity contribution in [3.63, 3.8) is 0 Å². The van der Waals surface area contributed by atoms with Crippen molar-refractivity contribution in [1.82, 2.24) is 0 Å². The third kappa shape index (κ3) is 29.2. The predicted molar refractivity (Wildman–Crippen MR) is 76.4 cm³/mol. The van der Waals surface area contributed by atoms with Crippen molar-refractivity contribution in [1.29, 1.82) is 0 Å². The molecule has 0 aromatic carbocycles. The van der Waals surface area contributed by atoms with Crippen LogP contribution in [0.2, 0.25) is 0 Å². The highest BCUT2D eigenvalue weighted by molar-refractivity contribution is 7.66. The fraction of sp³-hybridized carbons (Fsp3) is 1.00. The van der Waals surface area contributed by atoms with E-state index in [1.165, 1.54) is 0 Å². The molecule has 0 aliphatic heterocycles. The molecule has 0 fully saturated rings. The lowest BCUT2D eigenvalue weighted by molar-refractivity contribution is 0.0450. The molecule has 0 heterocycles. The van der Waals surface area contributed by atoms with Gasteiger partial charge in [-0.1, -0.05) is 0 Å². The minimum absolute atomic E-state index is 0.365. The second kappa shape index (κ2) is 14.3. The first-order valence-corrected chi connectivity index (χ1v) is 10.2. The molecular weight excluding hydrogens is 421 g/mol. The molecule has 156 valence electrons. The van der Waals surface area contributed by atoms with E-state index in [-0.39, 0.29) is 26.4 Å². The van der Waals surface area contributed by atoms with Gasteiger partial charge in [-0.3, -0.25) is 0 Å². The summed E-state index contributed by atoms with van der Waals surface area (Å²) in [5, 5.41) is 48.0. The summed E-state index contributed by atoms with van der Waals surface area (Å²) >= 11 is 0. The predicted octanol–water partition coefficient (Wildman–Crippen LogP) is -4.03. The molecule has 0 spiro atoms. The summed E-state index contributed by atoms with van der Waals surface area (Å²) in [5.74, 6) is 0. The summed E-state index contributed by atoms with van der Waals surface area (Å²) in [6.45, 7) is -1.46. The Labute approximate surface area is 140 Å². The Bertz CT molecular complexity index is 409. The Kier molecular flexibility index (Phi) is 17.1. The summed E-state index contributed by atoms with van der Waals surface area (Å²) in [5.41, 5.74) is 0. The second-order valence-corrected chi connectivity index (χ2v) is 7.86. The van der Waals surface area contributed by atoms with Crippen LogP contribution in [0.25, 0.3) is 0 Å². The van der Waals surface area contributed by atoms with E-state index in [9.17, 15) is 13.7 Å². The van der Waals surface area contributed by atoms with Crippen molar-refractivity contribution in [2.45, 2.75) is 12.2 Å². The fourth-order valence-electron chi connectivity index (χ4n) is 0.399. The average molecular weight is 442 g/mol. The van der Waals surface area contributed by atoms with Gasteiger partial charge in [-0.15, -0.1) is 0 Å². The van der Waals surface area contributed by atoms with Crippen LogP contribution in [-0.2, 0) is 22.3 Å². The molecule has 0 aliphatic carbocycles. The van der Waals surface area contributed by atoms with Crippen LogP contribution in [0.5, 0.6) is 0 Å². The smallest absolute Gasteiger partial charge is 0.394 e. The molecule has 0 saturated heterocycles. The fourth-order valence-corrected chi connectivity index (χ4v) is 2.94. The Morgan fingerprint density at radius 1 is 0.600 bits per heavy atom. The van der Waals surface area contributed by atoms with Gasteiger partial charge in [-0.25, -0.2) is 13.7 Å². The molecule has 25 heavy (non-hydrogen) atoms. The summed E-state index contributed by atoms with van der Waals surface area (Å²) < 4.78 is 36.4. The van der Waals surface area contributed by atoms with Gasteiger partial charge in [0.25, 0.3) is 0 Å². The lowest BCUT2D eigenvalue weighted by Gasteiger charge is -2.11. The Morgan fingerprint density at radius 2 is 0.800 bits per heavy atom. The number of phosphoric acid groups is 3. The summed E-state index contributed by atoms with van der Waals surface area (Å²) in [6.07, 6.45) is -1.91. The van der Waals surface area contributed by atoms with Crippen LogP contribution in [-0.4, -0.2) is 93.7 Å². The van der Waals surface area contributed by atoms with Gasteiger partial charge in [0, 0.05) is 0 Å². The van der Waals surface area contributed by atoms with Crippen molar-refractivity contribution >= 4 is 23.5 Å². The van der Waals surface area contributed by atoms with E-state index in [4.69, 9.17) is 55.1 Å². The van der Waals surface area contributed by atoms with Gasteiger partial charge in [0.15, 0.2) is 0 Å². The average Bonchev–Trinajstić information content (AvgIpc) is 2.41. The van der Waals surface area contributed by atoms with E-state index in [1.807, 2.05) is 0 Å². The standard InChI is InChI=1S/2C3H8O3.H5O10P3/c2*4-1-3(6)2-5;1-11(2,3)9-13(7,8)10-12(4,5)6/h2*3-6H,1-2H2;(H,7,8)(H2,1,2,3)(H2,4,5,6). The first-order chi connectivity index (χ1) is 11.0. The van der Waals surface area contributed by atoms with Gasteiger partial charge in [0.1, 0.15) is 12.2 Å². The zero-order chi connectivity index (χ0) is 20.9. The zero-order valence-electron chi connectivity index (χ0n) is 12.3. The number of rotatable bonds is 8. The molecule has 11 N–H and O–H groups in total. The lowest BCUT2D eigenvalue weighted by atomic mass is 10.4. The minimum Gasteiger partial charge on any atom is -0.394 e. The van der Waals surface area contributed by atoms with Gasteiger partial charge >= 0.3 is 23.5 Å². The van der Waals surface area contributed by atoms with Crippen LogP contribution in [0.3, 0.4) is 0 Å². The molecule has 19 heteroatoms. The molecule has 0 saturated carbocycles. The topological polar surface area (TPSA) is 292 Å². The van der Waals surface area contributed by atoms with E-state index >= 15 is 0 Å². The van der Waals surface area contributed by atoms with Crippen LogP contribution in [0.4, 0.5) is 0 Å². The summed E-state index contributed by atoms with van der Waals surface area (Å²) in [7, 11) is -16.2. The highest BCUT2D eigenvalue weighted by Crippen LogP contribution is 2.64. The molecule has 0 aromatic heterocycles. The Morgan fingerprint density at radius 3 is 0.880 bits per heavy atom. The van der Waals surface area contributed by atoms with Crippen molar-refractivity contribution in [2.24, 2.45) is 0 Å². The molecule has 0 unspecified atom stereocenters. The SMILES string of the molecule is O=P(O)(O)OP(=O)(O)OP(=O)(O)O.OCC(O)CO.OCC(O)CO. The molecule has 0 aromatic rings. The van der Waals surface area contributed by atoms with Crippen molar-refractivity contribution in [3.05, 3.63) is 0 Å². The number of aliphatic hydroxyl groups excluding tert-OH is 6. The Balaban J connectivity index is -0.000000336. The normalized spacial score (nSPS) is 12.4. The van der Waals surface area contributed by atoms with E-state index in [2.05, 4.69) is 8.62 Å². The maximum absolute atomic E-state index is 10.4. The monoisotopic (exact) mass is 442 g/mol. The van der Waals surface area contributed by atoms with Crippen molar-refractivity contribution in [2.75, 3.05) is 26.4 Å². The van der Waals surface area contributed by atoms with E-state index in [0.29, 0.717) is 0 Å². The summed E-state index contributed by atoms with van der Waals surface area (Å²) in [4.78, 5) is 40.2. The van der Waals surface area contributed by atoms with Crippen LogP contribution >= 0.6 is 23.5 Å². The molecule has 0 radical (unpaired) electrons. The molecule has 16 nitrogen and oxygen atoms in total. The van der Waals surface area contributed by atoms with E-state index in [0.717, 1.165) is 0 Å². The maximum Gasteiger partial charge on any atom is 0.490 e.